The first-order chi connectivity index (χ1) is 10.9. The van der Waals surface area contributed by atoms with Gasteiger partial charge in [0, 0.05) is 35.0 Å². The maximum Gasteiger partial charge on any atom is 0.103 e. The minimum absolute atomic E-state index is 0.0344. The molecule has 0 bridgehead atoms. The number of nitrogens with zero attached hydrogens (tertiary/aromatic N) is 3. The van der Waals surface area contributed by atoms with Gasteiger partial charge in [0.25, 0.3) is 0 Å². The van der Waals surface area contributed by atoms with Crippen molar-refractivity contribution in [1.29, 1.82) is 0 Å². The van der Waals surface area contributed by atoms with Gasteiger partial charge in [-0.2, -0.15) is 0 Å². The maximum atomic E-state index is 9.98. The first kappa shape index (κ1) is 19.1. The van der Waals surface area contributed by atoms with E-state index in [0.717, 1.165) is 15.0 Å². The van der Waals surface area contributed by atoms with Gasteiger partial charge in [0.1, 0.15) is 6.10 Å². The number of halogens is 2. The quantitative estimate of drug-likeness (QED) is 0.407. The van der Waals surface area contributed by atoms with Crippen molar-refractivity contribution in [2.45, 2.75) is 31.5 Å². The zero-order valence-electron chi connectivity index (χ0n) is 12.9. The second kappa shape index (κ2) is 8.72. The Kier molecular flexibility index (Phi) is 7.23. The highest BCUT2D eigenvalue weighted by molar-refractivity contribution is 14.1. The van der Waals surface area contributed by atoms with Crippen molar-refractivity contribution in [2.75, 3.05) is 11.0 Å². The molecule has 0 aromatic carbocycles. The lowest BCUT2D eigenvalue weighted by Crippen LogP contribution is -2.33. The van der Waals surface area contributed by atoms with Crippen molar-refractivity contribution in [3.8, 4) is 0 Å². The molecule has 2 rings (SSSR count). The van der Waals surface area contributed by atoms with Crippen molar-refractivity contribution in [3.05, 3.63) is 32.7 Å². The molecule has 0 saturated heterocycles. The molecule has 2 aromatic heterocycles. The van der Waals surface area contributed by atoms with Crippen LogP contribution in [0.3, 0.4) is 0 Å². The summed E-state index contributed by atoms with van der Waals surface area (Å²) >= 11 is 9.86. The van der Waals surface area contributed by atoms with Gasteiger partial charge in [0.05, 0.1) is 22.7 Å². The highest BCUT2D eigenvalue weighted by Gasteiger charge is 2.23. The van der Waals surface area contributed by atoms with E-state index >= 15 is 0 Å². The van der Waals surface area contributed by atoms with Crippen LogP contribution in [0.2, 0.25) is 4.34 Å². The van der Waals surface area contributed by atoms with Crippen LogP contribution in [0, 0.1) is 0 Å². The summed E-state index contributed by atoms with van der Waals surface area (Å²) in [6.45, 7) is 1.79. The van der Waals surface area contributed by atoms with Crippen molar-refractivity contribution in [2.24, 2.45) is 7.05 Å². The third-order valence-electron chi connectivity index (χ3n) is 3.43. The number of aryl methyl sites for hydroxylation is 1. The predicted octanol–water partition coefficient (Wildman–Crippen LogP) is 2.25. The van der Waals surface area contributed by atoms with Crippen molar-refractivity contribution >= 4 is 45.5 Å². The molecular weight excluding hydrogens is 451 g/mol. The van der Waals surface area contributed by atoms with Gasteiger partial charge in [0.15, 0.2) is 0 Å². The van der Waals surface area contributed by atoms with Crippen LogP contribution in [0.5, 0.6) is 0 Å². The molecule has 2 heterocycles. The molecule has 128 valence electrons. The molecule has 23 heavy (non-hydrogen) atoms. The Morgan fingerprint density at radius 1 is 1.52 bits per heavy atom. The van der Waals surface area contributed by atoms with Gasteiger partial charge in [0.2, 0.25) is 0 Å². The fourth-order valence-electron chi connectivity index (χ4n) is 2.30. The number of aromatic nitrogens is 3. The Morgan fingerprint density at radius 3 is 2.83 bits per heavy atom. The number of alkyl halides is 1. The first-order valence-corrected chi connectivity index (χ1v) is 9.91. The molecule has 6 nitrogen and oxygen atoms in total. The summed E-state index contributed by atoms with van der Waals surface area (Å²) in [4.78, 5) is 0.945. The second-order valence-corrected chi connectivity index (χ2v) is 8.07. The minimum Gasteiger partial charge on any atom is -0.393 e. The van der Waals surface area contributed by atoms with Gasteiger partial charge in [-0.1, -0.05) is 39.4 Å². The van der Waals surface area contributed by atoms with Crippen LogP contribution >= 0.6 is 45.5 Å². The van der Waals surface area contributed by atoms with Crippen LogP contribution in [0.4, 0.5) is 0 Å². The molecule has 0 aliphatic heterocycles. The van der Waals surface area contributed by atoms with E-state index in [9.17, 15) is 10.2 Å². The standard InChI is InChI=1S/C14H20ClIN4O2S/c1-8(5-16)17-10(11-6-20(2)19-18-11)4-13-9(12(22)7-21)3-14(15)23-13/h3,6,8,10,12,17,21-22H,4-5,7H2,1-2H3/t8-,10-,12+/m0/s1. The Labute approximate surface area is 158 Å². The number of hydrogen-bond donors (Lipinski definition) is 3. The van der Waals surface area contributed by atoms with E-state index in [1.54, 1.807) is 10.7 Å². The molecule has 0 unspecified atom stereocenters. The van der Waals surface area contributed by atoms with E-state index in [2.05, 4.69) is 45.1 Å². The second-order valence-electron chi connectivity index (χ2n) is 5.42. The van der Waals surface area contributed by atoms with E-state index in [1.807, 2.05) is 13.2 Å². The molecular formula is C14H20ClIN4O2S. The van der Waals surface area contributed by atoms with Gasteiger partial charge in [-0.15, -0.1) is 16.4 Å². The summed E-state index contributed by atoms with van der Waals surface area (Å²) in [5.41, 5.74) is 1.53. The first-order valence-electron chi connectivity index (χ1n) is 7.19. The maximum absolute atomic E-state index is 9.98. The molecule has 0 amide bonds. The highest BCUT2D eigenvalue weighted by Crippen LogP contribution is 2.34. The SMILES string of the molecule is C[C@@H](CI)N[C@@H](Cc1sc(Cl)cc1[C@H](O)CO)c1cn(C)nn1. The molecule has 0 aliphatic carbocycles. The topological polar surface area (TPSA) is 83.2 Å². The van der Waals surface area contributed by atoms with Gasteiger partial charge in [-0.3, -0.25) is 4.68 Å². The van der Waals surface area contributed by atoms with Crippen LogP contribution in [-0.4, -0.2) is 42.3 Å². The summed E-state index contributed by atoms with van der Waals surface area (Å²) < 4.78 is 3.23. The van der Waals surface area contributed by atoms with Crippen LogP contribution in [-0.2, 0) is 13.5 Å². The monoisotopic (exact) mass is 470 g/mol. The zero-order chi connectivity index (χ0) is 17.0. The lowest BCUT2D eigenvalue weighted by atomic mass is 10.0. The van der Waals surface area contributed by atoms with Crippen molar-refractivity contribution < 1.29 is 10.2 Å². The zero-order valence-corrected chi connectivity index (χ0v) is 16.6. The number of thiophene rings is 1. The van der Waals surface area contributed by atoms with Gasteiger partial charge in [-0.25, -0.2) is 0 Å². The van der Waals surface area contributed by atoms with Gasteiger partial charge >= 0.3 is 0 Å². The number of aliphatic hydroxyl groups is 2. The van der Waals surface area contributed by atoms with Crippen LogP contribution in [0.15, 0.2) is 12.3 Å². The lowest BCUT2D eigenvalue weighted by molar-refractivity contribution is 0.0952. The molecule has 2 aromatic rings. The van der Waals surface area contributed by atoms with Gasteiger partial charge in [-0.05, 0) is 18.6 Å². The Bertz CT molecular complexity index is 636. The largest absolute Gasteiger partial charge is 0.393 e. The molecule has 3 N–H and O–H groups in total. The van der Waals surface area contributed by atoms with Crippen molar-refractivity contribution in [1.82, 2.24) is 20.3 Å². The van der Waals surface area contributed by atoms with Crippen LogP contribution in [0.1, 0.15) is 35.2 Å². The minimum atomic E-state index is -0.918. The average Bonchev–Trinajstić information content (AvgIpc) is 3.11. The third-order valence-corrected chi connectivity index (χ3v) is 6.05. The molecule has 0 spiro atoms. The van der Waals surface area contributed by atoms with Crippen molar-refractivity contribution in [3.63, 3.8) is 0 Å². The number of aliphatic hydroxyl groups excluding tert-OH is 2. The van der Waals surface area contributed by atoms with E-state index in [1.165, 1.54) is 11.3 Å². The van der Waals surface area contributed by atoms with E-state index in [-0.39, 0.29) is 12.6 Å². The summed E-state index contributed by atoms with van der Waals surface area (Å²) in [7, 11) is 1.83. The average molecular weight is 471 g/mol. The Morgan fingerprint density at radius 2 is 2.26 bits per heavy atom. The third kappa shape index (κ3) is 5.10. The van der Waals surface area contributed by atoms with Gasteiger partial charge < -0.3 is 15.5 Å². The predicted molar refractivity (Wildman–Crippen MR) is 100 cm³/mol. The summed E-state index contributed by atoms with van der Waals surface area (Å²) in [6, 6.07) is 2.00. The molecule has 0 saturated carbocycles. The van der Waals surface area contributed by atoms with Crippen LogP contribution in [0.25, 0.3) is 0 Å². The molecule has 0 radical (unpaired) electrons. The smallest absolute Gasteiger partial charge is 0.103 e. The normalized spacial score (nSPS) is 15.6. The fourth-order valence-corrected chi connectivity index (χ4v) is 3.93. The summed E-state index contributed by atoms with van der Waals surface area (Å²) in [5.74, 6) is 0. The number of nitrogens with one attached hydrogen (secondary N) is 1. The van der Waals surface area contributed by atoms with Crippen LogP contribution < -0.4 is 5.32 Å². The highest BCUT2D eigenvalue weighted by atomic mass is 127. The molecule has 0 aliphatic rings. The summed E-state index contributed by atoms with van der Waals surface area (Å²) in [5, 5.41) is 31.0. The number of hydrogen-bond acceptors (Lipinski definition) is 6. The molecule has 9 heteroatoms. The lowest BCUT2D eigenvalue weighted by Gasteiger charge is -2.21. The van der Waals surface area contributed by atoms with E-state index in [4.69, 9.17) is 11.6 Å². The van der Waals surface area contributed by atoms with E-state index < -0.39 is 6.10 Å². The Balaban J connectivity index is 2.27. The summed E-state index contributed by atoms with van der Waals surface area (Å²) in [6.07, 6.45) is 1.59. The Hall–Kier alpha value is -0.260. The van der Waals surface area contributed by atoms with E-state index in [0.29, 0.717) is 22.4 Å². The molecule has 3 atom stereocenters. The molecule has 0 fully saturated rings. The number of rotatable bonds is 8. The fraction of sp³-hybridized carbons (Fsp3) is 0.571.